The van der Waals surface area contributed by atoms with Crippen molar-refractivity contribution in [3.8, 4) is 0 Å². The topological polar surface area (TPSA) is 124 Å². The van der Waals surface area contributed by atoms with Gasteiger partial charge >= 0.3 is 0 Å². The molecular formula is C26H25N7O2S. The zero-order valence-corrected chi connectivity index (χ0v) is 20.4. The molecule has 0 atom stereocenters. The first-order valence-electron chi connectivity index (χ1n) is 11.9. The molecule has 5 rings (SSSR count). The number of nitrogens with zero attached hydrogens (tertiary/aromatic N) is 6. The van der Waals surface area contributed by atoms with Gasteiger partial charge in [-0.05, 0) is 55.2 Å². The van der Waals surface area contributed by atoms with E-state index in [9.17, 15) is 9.59 Å². The number of rotatable bonds is 10. The van der Waals surface area contributed by atoms with Crippen LogP contribution in [0.1, 0.15) is 46.5 Å². The van der Waals surface area contributed by atoms with Crippen molar-refractivity contribution < 1.29 is 9.59 Å². The van der Waals surface area contributed by atoms with Crippen LogP contribution in [0.3, 0.4) is 0 Å². The van der Waals surface area contributed by atoms with E-state index in [1.165, 1.54) is 11.3 Å². The fourth-order valence-corrected chi connectivity index (χ4v) is 5.13. The van der Waals surface area contributed by atoms with E-state index in [0.29, 0.717) is 34.8 Å². The number of carbonyl (C=O) groups is 2. The Hall–Kier alpha value is -3.92. The predicted molar refractivity (Wildman–Crippen MR) is 134 cm³/mol. The first-order valence-corrected chi connectivity index (χ1v) is 12.7. The molecule has 1 amide bonds. The number of hydrogen-bond acceptors (Lipinski definition) is 9. The molecule has 0 unspecified atom stereocenters. The summed E-state index contributed by atoms with van der Waals surface area (Å²) in [6.45, 7) is 0. The van der Waals surface area contributed by atoms with Gasteiger partial charge in [-0.1, -0.05) is 23.5 Å². The van der Waals surface area contributed by atoms with Crippen molar-refractivity contribution in [3.63, 3.8) is 0 Å². The Morgan fingerprint density at radius 2 is 1.53 bits per heavy atom. The number of nitrogens with one attached hydrogen (secondary N) is 1. The molecule has 4 aromatic rings. The summed E-state index contributed by atoms with van der Waals surface area (Å²) in [5.41, 5.74) is 3.13. The fraction of sp³-hybridized carbons (Fsp3) is 0.308. The van der Waals surface area contributed by atoms with Crippen molar-refractivity contribution in [2.45, 2.75) is 44.4 Å². The standard InChI is InChI=1S/C26H25N7O2S/c34-22(14-19-5-1-3-9-27-19)15-21-7-8-23(31-30-21)18-11-17(12-18)13-25-32-33-26(36-25)29-24(35)16-20-6-2-4-10-28-20/h1-10,17-18H,11-16H2,(H,29,33,35). The minimum Gasteiger partial charge on any atom is -0.300 e. The summed E-state index contributed by atoms with van der Waals surface area (Å²) in [6, 6.07) is 14.9. The molecule has 1 fully saturated rings. The van der Waals surface area contributed by atoms with Gasteiger partial charge in [0, 0.05) is 42.5 Å². The third-order valence-electron chi connectivity index (χ3n) is 6.12. The molecule has 0 bridgehead atoms. The maximum atomic E-state index is 12.3. The lowest BCUT2D eigenvalue weighted by molar-refractivity contribution is -0.118. The minimum absolute atomic E-state index is 0.0730. The number of pyridine rings is 2. The quantitative estimate of drug-likeness (QED) is 0.352. The van der Waals surface area contributed by atoms with Crippen LogP contribution in [0.5, 0.6) is 0 Å². The molecule has 1 saturated carbocycles. The monoisotopic (exact) mass is 499 g/mol. The van der Waals surface area contributed by atoms with Crippen LogP contribution in [0.4, 0.5) is 5.13 Å². The van der Waals surface area contributed by atoms with Gasteiger partial charge in [-0.2, -0.15) is 10.2 Å². The number of anilines is 1. The highest BCUT2D eigenvalue weighted by Crippen LogP contribution is 2.42. The number of hydrogen-bond donors (Lipinski definition) is 1. The molecular weight excluding hydrogens is 474 g/mol. The number of Topliss-reactive ketones (excluding diaryl/α,β-unsaturated/α-hetero) is 1. The highest BCUT2D eigenvalue weighted by Gasteiger charge is 2.32. The van der Waals surface area contributed by atoms with E-state index in [2.05, 4.69) is 35.7 Å². The van der Waals surface area contributed by atoms with Crippen molar-refractivity contribution in [3.05, 3.63) is 88.7 Å². The second kappa shape index (κ2) is 11.2. The first kappa shape index (κ1) is 23.8. The van der Waals surface area contributed by atoms with Gasteiger partial charge in [-0.15, -0.1) is 10.2 Å². The second-order valence-corrected chi connectivity index (χ2v) is 10.0. The molecule has 36 heavy (non-hydrogen) atoms. The predicted octanol–water partition coefficient (Wildman–Crippen LogP) is 3.39. The van der Waals surface area contributed by atoms with Gasteiger partial charge in [0.25, 0.3) is 0 Å². The SMILES string of the molecule is O=C(Cc1ccccn1)Cc1ccc(C2CC(Cc3nnc(NC(=O)Cc4ccccn4)s3)C2)nn1. The third kappa shape index (κ3) is 6.39. The first-order chi connectivity index (χ1) is 17.6. The number of amides is 1. The Bertz CT molecular complexity index is 1310. The zero-order chi connectivity index (χ0) is 24.7. The Kier molecular flexibility index (Phi) is 7.41. The van der Waals surface area contributed by atoms with E-state index >= 15 is 0 Å². The average Bonchev–Trinajstić information content (AvgIpc) is 3.29. The third-order valence-corrected chi connectivity index (χ3v) is 6.98. The molecule has 10 heteroatoms. The van der Waals surface area contributed by atoms with Crippen molar-refractivity contribution in [2.75, 3.05) is 5.32 Å². The second-order valence-electron chi connectivity index (χ2n) is 8.95. The maximum Gasteiger partial charge on any atom is 0.232 e. The van der Waals surface area contributed by atoms with Crippen molar-refractivity contribution in [2.24, 2.45) is 5.92 Å². The average molecular weight is 500 g/mol. The molecule has 182 valence electrons. The lowest BCUT2D eigenvalue weighted by atomic mass is 9.72. The molecule has 0 saturated heterocycles. The highest BCUT2D eigenvalue weighted by molar-refractivity contribution is 7.15. The molecule has 1 N–H and O–H groups in total. The minimum atomic E-state index is -0.152. The molecule has 4 heterocycles. The Morgan fingerprint density at radius 1 is 0.806 bits per heavy atom. The Balaban J connectivity index is 1.05. The van der Waals surface area contributed by atoms with Crippen LogP contribution in [-0.4, -0.2) is 42.1 Å². The lowest BCUT2D eigenvalue weighted by Crippen LogP contribution is -2.25. The van der Waals surface area contributed by atoms with E-state index in [0.717, 1.165) is 35.7 Å². The summed E-state index contributed by atoms with van der Waals surface area (Å²) >= 11 is 1.42. The van der Waals surface area contributed by atoms with Crippen LogP contribution >= 0.6 is 11.3 Å². The van der Waals surface area contributed by atoms with E-state index in [1.807, 2.05) is 48.5 Å². The summed E-state index contributed by atoms with van der Waals surface area (Å²) in [6.07, 6.45) is 6.97. The molecule has 1 aliphatic carbocycles. The van der Waals surface area contributed by atoms with Crippen LogP contribution in [0.15, 0.2) is 60.9 Å². The van der Waals surface area contributed by atoms with Gasteiger partial charge in [0.2, 0.25) is 11.0 Å². The van der Waals surface area contributed by atoms with Crippen molar-refractivity contribution in [1.82, 2.24) is 30.4 Å². The van der Waals surface area contributed by atoms with Crippen molar-refractivity contribution >= 4 is 28.2 Å². The van der Waals surface area contributed by atoms with Gasteiger partial charge in [0.05, 0.1) is 24.2 Å². The van der Waals surface area contributed by atoms with E-state index in [4.69, 9.17) is 0 Å². The molecule has 0 radical (unpaired) electrons. The van der Waals surface area contributed by atoms with Gasteiger partial charge in [0.1, 0.15) is 10.8 Å². The summed E-state index contributed by atoms with van der Waals surface area (Å²) in [4.78, 5) is 32.8. The smallest absolute Gasteiger partial charge is 0.232 e. The van der Waals surface area contributed by atoms with Crippen LogP contribution in [-0.2, 0) is 35.3 Å². The van der Waals surface area contributed by atoms with E-state index in [-0.39, 0.29) is 24.5 Å². The largest absolute Gasteiger partial charge is 0.300 e. The number of ketones is 1. The maximum absolute atomic E-state index is 12.3. The van der Waals surface area contributed by atoms with Crippen LogP contribution in [0, 0.1) is 5.92 Å². The molecule has 1 aliphatic rings. The van der Waals surface area contributed by atoms with Crippen molar-refractivity contribution in [1.29, 1.82) is 0 Å². The summed E-state index contributed by atoms with van der Waals surface area (Å²) in [5, 5.41) is 21.2. The van der Waals surface area contributed by atoms with Crippen LogP contribution in [0.25, 0.3) is 0 Å². The summed E-state index contributed by atoms with van der Waals surface area (Å²) in [5.74, 6) is 0.789. The molecule has 0 aromatic carbocycles. The summed E-state index contributed by atoms with van der Waals surface area (Å²) < 4.78 is 0. The normalized spacial score (nSPS) is 16.8. The fourth-order valence-electron chi connectivity index (χ4n) is 4.26. The van der Waals surface area contributed by atoms with Gasteiger partial charge in [0.15, 0.2) is 0 Å². The Labute approximate surface area is 212 Å². The van der Waals surface area contributed by atoms with Crippen LogP contribution in [0.2, 0.25) is 0 Å². The van der Waals surface area contributed by atoms with Gasteiger partial charge in [-0.3, -0.25) is 19.6 Å². The van der Waals surface area contributed by atoms with E-state index in [1.54, 1.807) is 12.4 Å². The number of aromatic nitrogens is 6. The highest BCUT2D eigenvalue weighted by atomic mass is 32.1. The molecule has 9 nitrogen and oxygen atoms in total. The van der Waals surface area contributed by atoms with E-state index < -0.39 is 0 Å². The molecule has 0 aliphatic heterocycles. The lowest BCUT2D eigenvalue weighted by Gasteiger charge is -2.34. The zero-order valence-electron chi connectivity index (χ0n) is 19.6. The Morgan fingerprint density at radius 3 is 2.19 bits per heavy atom. The van der Waals surface area contributed by atoms with Gasteiger partial charge in [-0.25, -0.2) is 0 Å². The van der Waals surface area contributed by atoms with Gasteiger partial charge < -0.3 is 5.32 Å². The summed E-state index contributed by atoms with van der Waals surface area (Å²) in [7, 11) is 0. The molecule has 4 aromatic heterocycles. The molecule has 0 spiro atoms. The number of carbonyl (C=O) groups excluding carboxylic acids is 2. The van der Waals surface area contributed by atoms with Crippen LogP contribution < -0.4 is 5.32 Å².